The third-order valence-electron chi connectivity index (χ3n) is 16.1. The van der Waals surface area contributed by atoms with E-state index < -0.39 is 22.9 Å². The molecule has 5 aliphatic carbocycles. The number of allylic oxidation sites excluding steroid dienone is 2. The summed E-state index contributed by atoms with van der Waals surface area (Å²) in [4.78, 5) is 54.4. The number of hydrogen-bond donors (Lipinski definition) is 2. The fraction of sp³-hybridized carbons (Fsp3) is 0.682. The lowest BCUT2D eigenvalue weighted by atomic mass is 9.33. The summed E-state index contributed by atoms with van der Waals surface area (Å²) in [6.07, 6.45) is 12.2. The van der Waals surface area contributed by atoms with Crippen molar-refractivity contribution in [2.45, 2.75) is 113 Å². The summed E-state index contributed by atoms with van der Waals surface area (Å²) in [5.41, 5.74) is 0.580. The van der Waals surface area contributed by atoms with Gasteiger partial charge in [-0.25, -0.2) is 0 Å². The molecule has 53 heavy (non-hydrogen) atoms. The maximum absolute atomic E-state index is 14.8. The van der Waals surface area contributed by atoms with Gasteiger partial charge in [0.05, 0.1) is 5.41 Å². The Morgan fingerprint density at radius 2 is 1.64 bits per heavy atom. The van der Waals surface area contributed by atoms with Crippen LogP contribution in [0.1, 0.15) is 112 Å². The quantitative estimate of drug-likeness (QED) is 0.170. The van der Waals surface area contributed by atoms with E-state index in [1.165, 1.54) is 37.8 Å². The zero-order chi connectivity index (χ0) is 38.1. The van der Waals surface area contributed by atoms with E-state index in [0.717, 1.165) is 24.8 Å². The Morgan fingerprint density at radius 3 is 2.40 bits per heavy atom. The van der Waals surface area contributed by atoms with Crippen molar-refractivity contribution in [2.75, 3.05) is 19.9 Å². The fourth-order valence-electron chi connectivity index (χ4n) is 12.8. The van der Waals surface area contributed by atoms with Gasteiger partial charge in [0.25, 0.3) is 0 Å². The van der Waals surface area contributed by atoms with Gasteiger partial charge in [0.2, 0.25) is 18.6 Å². The molecule has 0 spiro atoms. The van der Waals surface area contributed by atoms with Crippen LogP contribution in [0.25, 0.3) is 6.08 Å². The standard InChI is InChI=1S/C44H60N2O7/c1-26-13-16-40(4)19-20-42(6)30(37(40)27(26)2)24-31(48)38-41(5)17-15-35(53-28(3)47)44(8,34(41)14-18-43(38,42)7)39(50)46-22-21-45-36(49)12-10-29-9-11-32-33(23-29)52-25-51-32/h9-12,23-24,26-27,34-35,37-38H,13-22,25H2,1-8H3,(H,45,49)(H,46,50)/b12-10+/t26-,27+,34?,35-,37?,38?,40-,41+,42-,43-,44-/m1/s1. The minimum atomic E-state index is -1.05. The molecule has 11 atom stereocenters. The zero-order valence-corrected chi connectivity index (χ0v) is 33.1. The summed E-state index contributed by atoms with van der Waals surface area (Å²) < 4.78 is 16.7. The molecule has 7 rings (SSSR count). The number of ketones is 1. The van der Waals surface area contributed by atoms with Gasteiger partial charge in [0.15, 0.2) is 17.3 Å². The van der Waals surface area contributed by atoms with E-state index in [4.69, 9.17) is 14.2 Å². The molecule has 2 amide bonds. The Kier molecular flexibility index (Phi) is 9.45. The van der Waals surface area contributed by atoms with Gasteiger partial charge in [-0.2, -0.15) is 0 Å². The van der Waals surface area contributed by atoms with Crippen molar-refractivity contribution in [1.82, 2.24) is 10.6 Å². The highest BCUT2D eigenvalue weighted by Crippen LogP contribution is 2.75. The number of benzene rings is 1. The summed E-state index contributed by atoms with van der Waals surface area (Å²) in [6.45, 7) is 18.4. The van der Waals surface area contributed by atoms with E-state index in [1.54, 1.807) is 6.08 Å². The first kappa shape index (κ1) is 37.7. The number of rotatable bonds is 7. The molecule has 4 saturated carbocycles. The van der Waals surface area contributed by atoms with Crippen LogP contribution in [0.5, 0.6) is 11.5 Å². The van der Waals surface area contributed by atoms with Crippen molar-refractivity contribution >= 4 is 29.6 Å². The lowest BCUT2D eigenvalue weighted by molar-refractivity contribution is -0.214. The summed E-state index contributed by atoms with van der Waals surface area (Å²) in [6, 6.07) is 5.47. The second-order valence-electron chi connectivity index (χ2n) is 18.7. The molecule has 1 heterocycles. The van der Waals surface area contributed by atoms with Gasteiger partial charge in [-0.1, -0.05) is 53.2 Å². The highest BCUT2D eigenvalue weighted by atomic mass is 16.7. The van der Waals surface area contributed by atoms with E-state index in [9.17, 15) is 19.2 Å². The monoisotopic (exact) mass is 728 g/mol. The van der Waals surface area contributed by atoms with Crippen LogP contribution in [-0.2, 0) is 23.9 Å². The first-order chi connectivity index (χ1) is 25.0. The number of amides is 2. The molecule has 0 bridgehead atoms. The number of nitrogens with one attached hydrogen (secondary N) is 2. The van der Waals surface area contributed by atoms with Crippen LogP contribution in [0.3, 0.4) is 0 Å². The van der Waals surface area contributed by atoms with Gasteiger partial charge in [-0.15, -0.1) is 0 Å². The van der Waals surface area contributed by atoms with E-state index in [0.29, 0.717) is 42.1 Å². The predicted molar refractivity (Wildman–Crippen MR) is 203 cm³/mol. The summed E-state index contributed by atoms with van der Waals surface area (Å²) >= 11 is 0. The first-order valence-corrected chi connectivity index (χ1v) is 20.0. The molecule has 9 nitrogen and oxygen atoms in total. The van der Waals surface area contributed by atoms with E-state index in [2.05, 4.69) is 58.3 Å². The Labute approximate surface area is 315 Å². The molecule has 1 aromatic rings. The van der Waals surface area contributed by atoms with Crippen molar-refractivity contribution in [1.29, 1.82) is 0 Å². The predicted octanol–water partition coefficient (Wildman–Crippen LogP) is 7.43. The maximum atomic E-state index is 14.8. The maximum Gasteiger partial charge on any atom is 0.302 e. The number of carbonyl (C=O) groups is 4. The summed E-state index contributed by atoms with van der Waals surface area (Å²) in [7, 11) is 0. The number of ether oxygens (including phenoxy) is 3. The molecule has 0 radical (unpaired) electrons. The van der Waals surface area contributed by atoms with E-state index in [-0.39, 0.29) is 65.6 Å². The summed E-state index contributed by atoms with van der Waals surface area (Å²) in [5, 5.41) is 5.95. The number of esters is 1. The second kappa shape index (κ2) is 13.3. The van der Waals surface area contributed by atoms with Gasteiger partial charge in [0, 0.05) is 32.0 Å². The molecule has 0 saturated heterocycles. The number of fused-ring (bicyclic) bond motifs is 8. The lowest BCUT2D eigenvalue weighted by Crippen LogP contribution is -2.69. The van der Waals surface area contributed by atoms with Crippen molar-refractivity contribution in [3.63, 3.8) is 0 Å². The molecule has 2 N–H and O–H groups in total. The Hall–Kier alpha value is -3.62. The van der Waals surface area contributed by atoms with E-state index >= 15 is 0 Å². The van der Waals surface area contributed by atoms with Crippen LogP contribution < -0.4 is 20.1 Å². The number of hydrogen-bond acceptors (Lipinski definition) is 7. The smallest absolute Gasteiger partial charge is 0.302 e. The van der Waals surface area contributed by atoms with Crippen molar-refractivity contribution in [3.05, 3.63) is 41.5 Å². The number of carbonyl (C=O) groups excluding carboxylic acids is 4. The minimum Gasteiger partial charge on any atom is -0.461 e. The molecule has 1 aliphatic heterocycles. The van der Waals surface area contributed by atoms with Crippen LogP contribution in [-0.4, -0.2) is 49.6 Å². The highest BCUT2D eigenvalue weighted by Gasteiger charge is 2.72. The van der Waals surface area contributed by atoms with Crippen LogP contribution in [0.4, 0.5) is 0 Å². The van der Waals surface area contributed by atoms with Gasteiger partial charge in [0.1, 0.15) is 6.10 Å². The van der Waals surface area contributed by atoms with Gasteiger partial charge in [-0.3, -0.25) is 19.2 Å². The molecule has 4 fully saturated rings. The molecule has 0 aromatic heterocycles. The topological polar surface area (TPSA) is 120 Å². The average Bonchev–Trinajstić information content (AvgIpc) is 3.58. The SMILES string of the molecule is CC(=O)O[C@@H]1CC[C@@]2(C)C(CC[C@]3(C)C2C(=O)C=C2C4[C@@H](C)[C@H](C)CC[C@]4(C)CC[C@]23C)[C@@]1(C)C(=O)NCCNC(=O)/C=C/c1ccc2c(c1)OCO2. The summed E-state index contributed by atoms with van der Waals surface area (Å²) in [5.74, 6) is 1.83. The lowest BCUT2D eigenvalue weighted by Gasteiger charge is -2.70. The molecule has 1 aromatic carbocycles. The molecular formula is C44H60N2O7. The largest absolute Gasteiger partial charge is 0.461 e. The van der Waals surface area contributed by atoms with Crippen LogP contribution in [0, 0.1) is 56.7 Å². The third kappa shape index (κ3) is 5.85. The minimum absolute atomic E-state index is 0.101. The van der Waals surface area contributed by atoms with Crippen LogP contribution in [0.2, 0.25) is 0 Å². The molecule has 288 valence electrons. The van der Waals surface area contributed by atoms with Crippen molar-refractivity contribution < 1.29 is 33.4 Å². The average molecular weight is 729 g/mol. The second-order valence-corrected chi connectivity index (χ2v) is 18.7. The van der Waals surface area contributed by atoms with Crippen LogP contribution in [0.15, 0.2) is 35.9 Å². The van der Waals surface area contributed by atoms with Crippen molar-refractivity contribution in [3.8, 4) is 11.5 Å². The van der Waals surface area contributed by atoms with E-state index in [1.807, 2.05) is 25.1 Å². The first-order valence-electron chi connectivity index (χ1n) is 20.0. The Bertz CT molecular complexity index is 1750. The fourth-order valence-corrected chi connectivity index (χ4v) is 12.8. The van der Waals surface area contributed by atoms with Crippen molar-refractivity contribution in [2.24, 2.45) is 56.7 Å². The molecule has 3 unspecified atom stereocenters. The normalized spacial score (nSPS) is 41.3. The molecule has 6 aliphatic rings. The van der Waals surface area contributed by atoms with Gasteiger partial charge in [-0.05, 0) is 133 Å². The molecular weight excluding hydrogens is 668 g/mol. The highest BCUT2D eigenvalue weighted by molar-refractivity contribution is 5.96. The van der Waals surface area contributed by atoms with Gasteiger partial charge < -0.3 is 24.8 Å². The van der Waals surface area contributed by atoms with Crippen LogP contribution >= 0.6 is 0 Å². The van der Waals surface area contributed by atoms with Gasteiger partial charge >= 0.3 is 5.97 Å². The Morgan fingerprint density at radius 1 is 0.906 bits per heavy atom. The third-order valence-corrected chi connectivity index (χ3v) is 16.1. The Balaban J connectivity index is 1.10. The molecule has 9 heteroatoms. The zero-order valence-electron chi connectivity index (χ0n) is 33.1.